The number of rotatable bonds is 3. The Morgan fingerprint density at radius 1 is 1.38 bits per heavy atom. The molecule has 0 heterocycles. The average Bonchev–Trinajstić information content (AvgIpc) is 2.96. The van der Waals surface area contributed by atoms with Crippen LogP contribution < -0.4 is 5.32 Å². The van der Waals surface area contributed by atoms with Gasteiger partial charge in [0.1, 0.15) is 17.2 Å². The van der Waals surface area contributed by atoms with Gasteiger partial charge in [-0.05, 0) is 30.9 Å². The van der Waals surface area contributed by atoms with Gasteiger partial charge in [-0.2, -0.15) is 0 Å². The third kappa shape index (κ3) is 2.58. The SMILES string of the molecule is O=C(NCC1CC1)c1c(F)cc(Br)cc1F. The van der Waals surface area contributed by atoms with Gasteiger partial charge in [-0.25, -0.2) is 8.78 Å². The number of hydrogen-bond acceptors (Lipinski definition) is 1. The van der Waals surface area contributed by atoms with E-state index in [-0.39, 0.29) is 4.47 Å². The second-order valence-corrected chi connectivity index (χ2v) is 4.81. The van der Waals surface area contributed by atoms with Crippen LogP contribution in [-0.4, -0.2) is 12.5 Å². The lowest BCUT2D eigenvalue weighted by Crippen LogP contribution is -2.27. The molecule has 0 radical (unpaired) electrons. The number of carbonyl (C=O) groups excluding carboxylic acids is 1. The van der Waals surface area contributed by atoms with E-state index in [1.807, 2.05) is 0 Å². The van der Waals surface area contributed by atoms with Crippen LogP contribution in [0.3, 0.4) is 0 Å². The Morgan fingerprint density at radius 3 is 2.44 bits per heavy atom. The van der Waals surface area contributed by atoms with Gasteiger partial charge in [-0.3, -0.25) is 4.79 Å². The van der Waals surface area contributed by atoms with Crippen molar-refractivity contribution in [2.45, 2.75) is 12.8 Å². The normalized spacial score (nSPS) is 14.9. The van der Waals surface area contributed by atoms with Crippen LogP contribution in [0.2, 0.25) is 0 Å². The van der Waals surface area contributed by atoms with E-state index in [1.54, 1.807) is 0 Å². The molecule has 1 fully saturated rings. The number of carbonyl (C=O) groups is 1. The zero-order chi connectivity index (χ0) is 11.7. The third-order valence-electron chi connectivity index (χ3n) is 2.48. The maximum atomic E-state index is 13.4. The van der Waals surface area contributed by atoms with Crippen molar-refractivity contribution in [2.75, 3.05) is 6.54 Å². The summed E-state index contributed by atoms with van der Waals surface area (Å²) in [6, 6.07) is 2.16. The first-order valence-corrected chi connectivity index (χ1v) is 5.80. The predicted molar refractivity (Wildman–Crippen MR) is 59.1 cm³/mol. The fraction of sp³-hybridized carbons (Fsp3) is 0.364. The van der Waals surface area contributed by atoms with Crippen LogP contribution in [0.25, 0.3) is 0 Å². The van der Waals surface area contributed by atoms with Crippen LogP contribution in [-0.2, 0) is 0 Å². The van der Waals surface area contributed by atoms with Crippen LogP contribution in [0.5, 0.6) is 0 Å². The molecule has 1 aromatic carbocycles. The molecule has 1 amide bonds. The molecule has 1 N–H and O–H groups in total. The van der Waals surface area contributed by atoms with Gasteiger partial charge in [0.15, 0.2) is 0 Å². The predicted octanol–water partition coefficient (Wildman–Crippen LogP) is 2.87. The maximum absolute atomic E-state index is 13.4. The van der Waals surface area contributed by atoms with Gasteiger partial charge in [-0.1, -0.05) is 15.9 Å². The van der Waals surface area contributed by atoms with Crippen molar-refractivity contribution in [3.8, 4) is 0 Å². The highest BCUT2D eigenvalue weighted by molar-refractivity contribution is 9.10. The quantitative estimate of drug-likeness (QED) is 0.911. The number of amides is 1. The molecular weight excluding hydrogens is 280 g/mol. The summed E-state index contributed by atoms with van der Waals surface area (Å²) < 4.78 is 27.0. The molecule has 0 saturated heterocycles. The zero-order valence-corrected chi connectivity index (χ0v) is 9.98. The minimum Gasteiger partial charge on any atom is -0.352 e. The molecule has 16 heavy (non-hydrogen) atoms. The molecule has 0 atom stereocenters. The lowest BCUT2D eigenvalue weighted by Gasteiger charge is -2.06. The van der Waals surface area contributed by atoms with Crippen molar-refractivity contribution in [1.29, 1.82) is 0 Å². The smallest absolute Gasteiger partial charge is 0.257 e. The van der Waals surface area contributed by atoms with Crippen molar-refractivity contribution >= 4 is 21.8 Å². The number of benzene rings is 1. The minimum atomic E-state index is -0.847. The second kappa shape index (κ2) is 4.49. The molecule has 5 heteroatoms. The highest BCUT2D eigenvalue weighted by Crippen LogP contribution is 2.28. The number of hydrogen-bond donors (Lipinski definition) is 1. The Labute approximate surface area is 100 Å². The minimum absolute atomic E-state index is 0.279. The first-order chi connectivity index (χ1) is 7.58. The van der Waals surface area contributed by atoms with Crippen LogP contribution >= 0.6 is 15.9 Å². The first-order valence-electron chi connectivity index (χ1n) is 5.00. The van der Waals surface area contributed by atoms with E-state index < -0.39 is 23.1 Å². The van der Waals surface area contributed by atoms with Gasteiger partial charge < -0.3 is 5.32 Å². The fourth-order valence-electron chi connectivity index (χ4n) is 1.41. The summed E-state index contributed by atoms with van der Waals surface area (Å²) in [4.78, 5) is 11.5. The van der Waals surface area contributed by atoms with Gasteiger partial charge in [0.05, 0.1) is 0 Å². The molecule has 0 aliphatic heterocycles. The molecule has 0 spiro atoms. The standard InChI is InChI=1S/C11H10BrF2NO/c12-7-3-8(13)10(9(14)4-7)11(16)15-5-6-1-2-6/h3-4,6H,1-2,5H2,(H,15,16). The molecule has 2 rings (SSSR count). The van der Waals surface area contributed by atoms with E-state index in [4.69, 9.17) is 0 Å². The first kappa shape index (κ1) is 11.5. The topological polar surface area (TPSA) is 29.1 Å². The highest BCUT2D eigenvalue weighted by atomic mass is 79.9. The summed E-state index contributed by atoms with van der Waals surface area (Å²) >= 11 is 2.96. The summed E-state index contributed by atoms with van der Waals surface area (Å²) in [6.45, 7) is 0.494. The third-order valence-corrected chi connectivity index (χ3v) is 2.94. The van der Waals surface area contributed by atoms with Gasteiger partial charge in [0.25, 0.3) is 5.91 Å². The highest BCUT2D eigenvalue weighted by Gasteiger charge is 2.24. The monoisotopic (exact) mass is 289 g/mol. The zero-order valence-electron chi connectivity index (χ0n) is 8.40. The van der Waals surface area contributed by atoms with Crippen LogP contribution in [0.1, 0.15) is 23.2 Å². The molecule has 2 nitrogen and oxygen atoms in total. The van der Waals surface area contributed by atoms with Gasteiger partial charge in [0.2, 0.25) is 0 Å². The molecular formula is C11H10BrF2NO. The van der Waals surface area contributed by atoms with E-state index in [1.165, 1.54) is 0 Å². The number of nitrogens with one attached hydrogen (secondary N) is 1. The Balaban J connectivity index is 2.14. The summed E-state index contributed by atoms with van der Waals surface area (Å²) in [6.07, 6.45) is 2.15. The Kier molecular flexibility index (Phi) is 3.23. The van der Waals surface area contributed by atoms with Crippen molar-refractivity contribution in [3.63, 3.8) is 0 Å². The van der Waals surface area contributed by atoms with Gasteiger partial charge >= 0.3 is 0 Å². The molecule has 1 aromatic rings. The van der Waals surface area contributed by atoms with E-state index in [2.05, 4.69) is 21.2 Å². The molecule has 0 bridgehead atoms. The lowest BCUT2D eigenvalue weighted by molar-refractivity contribution is 0.0943. The Hall–Kier alpha value is -0.970. The van der Waals surface area contributed by atoms with Crippen molar-refractivity contribution in [3.05, 3.63) is 33.8 Å². The molecule has 1 aliphatic carbocycles. The summed E-state index contributed by atoms with van der Waals surface area (Å²) in [5.41, 5.74) is -0.510. The van der Waals surface area contributed by atoms with Crippen molar-refractivity contribution in [1.82, 2.24) is 5.32 Å². The largest absolute Gasteiger partial charge is 0.352 e. The van der Waals surface area contributed by atoms with Gasteiger partial charge in [0, 0.05) is 11.0 Å². The van der Waals surface area contributed by atoms with Gasteiger partial charge in [-0.15, -0.1) is 0 Å². The average molecular weight is 290 g/mol. The maximum Gasteiger partial charge on any atom is 0.257 e. The summed E-state index contributed by atoms with van der Waals surface area (Å²) in [5.74, 6) is -1.90. The Bertz CT molecular complexity index is 409. The number of halogens is 3. The summed E-state index contributed by atoms with van der Waals surface area (Å²) in [7, 11) is 0. The van der Waals surface area contributed by atoms with Crippen LogP contribution in [0.15, 0.2) is 16.6 Å². The van der Waals surface area contributed by atoms with E-state index in [9.17, 15) is 13.6 Å². The molecule has 1 aliphatic rings. The van der Waals surface area contributed by atoms with E-state index in [0.717, 1.165) is 25.0 Å². The molecule has 86 valence electrons. The van der Waals surface area contributed by atoms with E-state index >= 15 is 0 Å². The lowest BCUT2D eigenvalue weighted by atomic mass is 10.2. The second-order valence-electron chi connectivity index (χ2n) is 3.90. The Morgan fingerprint density at radius 2 is 1.94 bits per heavy atom. The molecule has 1 saturated carbocycles. The fourth-order valence-corrected chi connectivity index (χ4v) is 1.81. The van der Waals surface area contributed by atoms with Crippen molar-refractivity contribution < 1.29 is 13.6 Å². The van der Waals surface area contributed by atoms with Crippen LogP contribution in [0.4, 0.5) is 8.78 Å². The molecule has 0 aromatic heterocycles. The van der Waals surface area contributed by atoms with Crippen LogP contribution in [0, 0.1) is 17.6 Å². The van der Waals surface area contributed by atoms with E-state index in [0.29, 0.717) is 12.5 Å². The molecule has 0 unspecified atom stereocenters. The summed E-state index contributed by atoms with van der Waals surface area (Å²) in [5, 5.41) is 2.53. The van der Waals surface area contributed by atoms with Crippen molar-refractivity contribution in [2.24, 2.45) is 5.92 Å².